The number of nitrogens with one attached hydrogen (secondary N) is 1. The van der Waals surface area contributed by atoms with Gasteiger partial charge in [0.1, 0.15) is 11.5 Å². The molecule has 0 atom stereocenters. The predicted molar refractivity (Wildman–Crippen MR) is 92.1 cm³/mol. The van der Waals surface area contributed by atoms with E-state index in [0.29, 0.717) is 23.6 Å². The third-order valence-electron chi connectivity index (χ3n) is 3.65. The number of aromatic carboxylic acids is 1. The van der Waals surface area contributed by atoms with Gasteiger partial charge in [-0.1, -0.05) is 5.16 Å². The molecule has 2 rings (SSSR count). The van der Waals surface area contributed by atoms with Crippen molar-refractivity contribution in [2.24, 2.45) is 0 Å². The zero-order valence-electron chi connectivity index (χ0n) is 14.8. The minimum absolute atomic E-state index is 0.0807. The van der Waals surface area contributed by atoms with Crippen molar-refractivity contribution in [1.29, 1.82) is 0 Å². The van der Waals surface area contributed by atoms with Crippen LogP contribution in [0.15, 0.2) is 22.7 Å². The van der Waals surface area contributed by atoms with Crippen LogP contribution < -0.4 is 10.1 Å². The maximum absolute atomic E-state index is 12.3. The highest BCUT2D eigenvalue weighted by Crippen LogP contribution is 2.27. The number of carboxylic acids is 1. The van der Waals surface area contributed by atoms with Crippen LogP contribution in [0.2, 0.25) is 0 Å². The predicted octanol–water partition coefficient (Wildman–Crippen LogP) is 3.35. The van der Waals surface area contributed by atoms with Crippen molar-refractivity contribution in [1.82, 2.24) is 5.16 Å². The van der Waals surface area contributed by atoms with E-state index in [-0.39, 0.29) is 24.0 Å². The van der Waals surface area contributed by atoms with E-state index in [1.807, 2.05) is 20.8 Å². The Bertz CT molecular complexity index is 760. The fraction of sp³-hybridized carbons (Fsp3) is 0.389. The van der Waals surface area contributed by atoms with E-state index in [1.165, 1.54) is 12.1 Å². The molecule has 0 saturated carbocycles. The average molecular weight is 346 g/mol. The summed E-state index contributed by atoms with van der Waals surface area (Å²) in [4.78, 5) is 23.4. The Morgan fingerprint density at radius 1 is 1.32 bits per heavy atom. The number of aromatic nitrogens is 1. The third-order valence-corrected chi connectivity index (χ3v) is 3.65. The van der Waals surface area contributed by atoms with Crippen molar-refractivity contribution < 1.29 is 24.0 Å². The first-order valence-corrected chi connectivity index (χ1v) is 8.03. The molecule has 0 unspecified atom stereocenters. The van der Waals surface area contributed by atoms with Gasteiger partial charge in [-0.3, -0.25) is 4.79 Å². The lowest BCUT2D eigenvalue weighted by Crippen LogP contribution is -2.15. The molecule has 7 heteroatoms. The summed E-state index contributed by atoms with van der Waals surface area (Å²) in [6.07, 6.45) is 0.612. The summed E-state index contributed by atoms with van der Waals surface area (Å²) in [7, 11) is 0. The lowest BCUT2D eigenvalue weighted by atomic mass is 10.1. The number of rotatable bonds is 7. The molecule has 25 heavy (non-hydrogen) atoms. The third kappa shape index (κ3) is 4.82. The largest absolute Gasteiger partial charge is 0.489 e. The lowest BCUT2D eigenvalue weighted by Gasteiger charge is -2.15. The number of hydrogen-bond donors (Lipinski definition) is 2. The van der Waals surface area contributed by atoms with E-state index in [1.54, 1.807) is 13.0 Å². The van der Waals surface area contributed by atoms with Crippen molar-refractivity contribution in [3.63, 3.8) is 0 Å². The van der Waals surface area contributed by atoms with Crippen molar-refractivity contribution >= 4 is 17.6 Å². The number of amides is 1. The van der Waals surface area contributed by atoms with Crippen molar-refractivity contribution in [3.8, 4) is 5.75 Å². The van der Waals surface area contributed by atoms with E-state index >= 15 is 0 Å². The highest BCUT2D eigenvalue weighted by atomic mass is 16.5. The highest BCUT2D eigenvalue weighted by molar-refractivity contribution is 5.95. The molecule has 0 aliphatic heterocycles. The van der Waals surface area contributed by atoms with Crippen LogP contribution in [-0.4, -0.2) is 28.2 Å². The van der Waals surface area contributed by atoms with Gasteiger partial charge in [0, 0.05) is 12.0 Å². The molecule has 0 spiro atoms. The standard InChI is InChI=1S/C18H22N2O5/c1-10(2)24-16-7-5-13(18(22)23)9-15(16)19-17(21)8-6-14-11(3)20-25-12(14)4/h5,7,9-10H,6,8H2,1-4H3,(H,19,21)(H,22,23). The van der Waals surface area contributed by atoms with E-state index in [2.05, 4.69) is 10.5 Å². The van der Waals surface area contributed by atoms with Crippen LogP contribution in [0.3, 0.4) is 0 Å². The number of carbonyl (C=O) groups is 2. The van der Waals surface area contributed by atoms with Gasteiger partial charge in [-0.15, -0.1) is 0 Å². The number of anilines is 1. The van der Waals surface area contributed by atoms with Gasteiger partial charge in [-0.05, 0) is 52.3 Å². The SMILES string of the molecule is Cc1noc(C)c1CCC(=O)Nc1cc(C(=O)O)ccc1OC(C)C. The van der Waals surface area contributed by atoms with Gasteiger partial charge in [0.2, 0.25) is 5.91 Å². The van der Waals surface area contributed by atoms with E-state index < -0.39 is 5.97 Å². The number of hydrogen-bond acceptors (Lipinski definition) is 5. The Morgan fingerprint density at radius 2 is 2.04 bits per heavy atom. The maximum Gasteiger partial charge on any atom is 0.335 e. The summed E-state index contributed by atoms with van der Waals surface area (Å²) < 4.78 is 10.7. The average Bonchev–Trinajstić information content (AvgIpc) is 2.85. The highest BCUT2D eigenvalue weighted by Gasteiger charge is 2.15. The Hall–Kier alpha value is -2.83. The molecular formula is C18H22N2O5. The number of nitrogens with zero attached hydrogens (tertiary/aromatic N) is 1. The van der Waals surface area contributed by atoms with Gasteiger partial charge in [-0.2, -0.15) is 0 Å². The zero-order valence-corrected chi connectivity index (χ0v) is 14.8. The second-order valence-corrected chi connectivity index (χ2v) is 6.03. The number of carboxylic acid groups (broad SMARTS) is 1. The summed E-state index contributed by atoms with van der Waals surface area (Å²) in [5.74, 6) is -0.175. The summed E-state index contributed by atoms with van der Waals surface area (Å²) in [6.45, 7) is 7.34. The van der Waals surface area contributed by atoms with Gasteiger partial charge in [-0.25, -0.2) is 4.79 Å². The number of ether oxygens (including phenoxy) is 1. The molecular weight excluding hydrogens is 324 g/mol. The fourth-order valence-corrected chi connectivity index (χ4v) is 2.43. The van der Waals surface area contributed by atoms with Crippen LogP contribution in [0.1, 0.15) is 47.6 Å². The first kappa shape index (κ1) is 18.5. The fourth-order valence-electron chi connectivity index (χ4n) is 2.43. The lowest BCUT2D eigenvalue weighted by molar-refractivity contribution is -0.116. The van der Waals surface area contributed by atoms with E-state index in [4.69, 9.17) is 14.4 Å². The normalized spacial score (nSPS) is 10.8. The van der Waals surface area contributed by atoms with Crippen molar-refractivity contribution in [2.75, 3.05) is 5.32 Å². The molecule has 1 aromatic carbocycles. The smallest absolute Gasteiger partial charge is 0.335 e. The van der Waals surface area contributed by atoms with E-state index in [0.717, 1.165) is 11.3 Å². The quantitative estimate of drug-likeness (QED) is 0.797. The Morgan fingerprint density at radius 3 is 2.60 bits per heavy atom. The van der Waals surface area contributed by atoms with Gasteiger partial charge < -0.3 is 19.7 Å². The molecule has 7 nitrogen and oxygen atoms in total. The molecule has 0 radical (unpaired) electrons. The van der Waals surface area contributed by atoms with Gasteiger partial charge in [0.15, 0.2) is 0 Å². The molecule has 1 heterocycles. The van der Waals surface area contributed by atoms with Crippen LogP contribution in [0.25, 0.3) is 0 Å². The van der Waals surface area contributed by atoms with Gasteiger partial charge >= 0.3 is 5.97 Å². The first-order valence-electron chi connectivity index (χ1n) is 8.03. The summed E-state index contributed by atoms with van der Waals surface area (Å²) in [5, 5.41) is 15.7. The molecule has 0 saturated heterocycles. The molecule has 0 aliphatic rings. The topological polar surface area (TPSA) is 102 Å². The van der Waals surface area contributed by atoms with Gasteiger partial charge in [0.05, 0.1) is 23.0 Å². The molecule has 0 aliphatic carbocycles. The van der Waals surface area contributed by atoms with Crippen molar-refractivity contribution in [2.45, 2.75) is 46.6 Å². The Labute approximate surface area is 146 Å². The Balaban J connectivity index is 2.12. The molecule has 1 aromatic heterocycles. The van der Waals surface area contributed by atoms with E-state index in [9.17, 15) is 9.59 Å². The number of benzene rings is 1. The molecule has 0 bridgehead atoms. The molecule has 2 N–H and O–H groups in total. The van der Waals surface area contributed by atoms with Crippen LogP contribution in [0, 0.1) is 13.8 Å². The monoisotopic (exact) mass is 346 g/mol. The van der Waals surface area contributed by atoms with Crippen molar-refractivity contribution in [3.05, 3.63) is 40.8 Å². The minimum Gasteiger partial charge on any atom is -0.489 e. The van der Waals surface area contributed by atoms with Crippen LogP contribution in [0.5, 0.6) is 5.75 Å². The van der Waals surface area contributed by atoms with Crippen LogP contribution in [0.4, 0.5) is 5.69 Å². The molecule has 0 fully saturated rings. The molecule has 134 valence electrons. The summed E-state index contributed by atoms with van der Waals surface area (Å²) in [5.41, 5.74) is 2.10. The maximum atomic E-state index is 12.3. The first-order chi connectivity index (χ1) is 11.8. The van der Waals surface area contributed by atoms with Gasteiger partial charge in [0.25, 0.3) is 0 Å². The molecule has 2 aromatic rings. The second kappa shape index (κ2) is 7.83. The van der Waals surface area contributed by atoms with Crippen LogP contribution in [-0.2, 0) is 11.2 Å². The molecule has 1 amide bonds. The second-order valence-electron chi connectivity index (χ2n) is 6.03. The number of aryl methyl sites for hydroxylation is 2. The van der Waals surface area contributed by atoms with Crippen LogP contribution >= 0.6 is 0 Å². The summed E-state index contributed by atoms with van der Waals surface area (Å²) in [6, 6.07) is 4.39. The number of carbonyl (C=O) groups excluding carboxylic acids is 1. The Kier molecular flexibility index (Phi) is 5.80. The zero-order chi connectivity index (χ0) is 18.6. The minimum atomic E-state index is -1.07. The summed E-state index contributed by atoms with van der Waals surface area (Å²) >= 11 is 0.